The molecule has 16 heavy (non-hydrogen) atoms. The van der Waals surface area contributed by atoms with Crippen molar-refractivity contribution in [1.82, 2.24) is 0 Å². The van der Waals surface area contributed by atoms with E-state index in [1.165, 1.54) is 44.9 Å². The highest BCUT2D eigenvalue weighted by Gasteiger charge is 2.06. The van der Waals surface area contributed by atoms with Gasteiger partial charge < -0.3 is 4.55 Å². The van der Waals surface area contributed by atoms with Gasteiger partial charge in [0.15, 0.2) is 0 Å². The van der Waals surface area contributed by atoms with Crippen LogP contribution in [0.1, 0.15) is 65.2 Å². The predicted molar refractivity (Wildman–Crippen MR) is 73.5 cm³/mol. The van der Waals surface area contributed by atoms with E-state index in [4.69, 9.17) is 5.14 Å². The van der Waals surface area contributed by atoms with Crippen LogP contribution in [0, 0.1) is 0 Å². The highest BCUT2D eigenvalue weighted by Crippen LogP contribution is 2.09. The summed E-state index contributed by atoms with van der Waals surface area (Å²) in [6, 6.07) is 0. The molecule has 0 bridgehead atoms. The van der Waals surface area contributed by atoms with Crippen LogP contribution in [0.2, 0.25) is 0 Å². The summed E-state index contributed by atoms with van der Waals surface area (Å²) in [6.07, 6.45) is 14.5. The lowest BCUT2D eigenvalue weighted by molar-refractivity contribution is 0.589. The second-order valence-corrected chi connectivity index (χ2v) is 5.77. The number of nitrogens with two attached hydrogens (primary N) is 1. The van der Waals surface area contributed by atoms with E-state index in [2.05, 4.69) is 13.0 Å². The molecule has 3 heteroatoms. The van der Waals surface area contributed by atoms with Crippen LogP contribution in [-0.2, 0) is 11.4 Å². The molecule has 2 unspecified atom stereocenters. The zero-order valence-corrected chi connectivity index (χ0v) is 11.6. The van der Waals surface area contributed by atoms with Gasteiger partial charge in [0.25, 0.3) is 0 Å². The highest BCUT2D eigenvalue weighted by atomic mass is 32.2. The first-order chi connectivity index (χ1) is 7.68. The molecule has 2 atom stereocenters. The molecule has 0 aliphatic carbocycles. The maximum absolute atomic E-state index is 10.8. The Labute approximate surface area is 104 Å². The molecular formula is C13H27NOS. The van der Waals surface area contributed by atoms with Crippen LogP contribution in [0.15, 0.2) is 12.2 Å². The maximum atomic E-state index is 10.8. The van der Waals surface area contributed by atoms with Gasteiger partial charge in [0.05, 0.1) is 0 Å². The molecule has 0 aromatic carbocycles. The molecule has 2 nitrogen and oxygen atoms in total. The molecule has 0 aliphatic rings. The molecule has 0 saturated carbocycles. The van der Waals surface area contributed by atoms with Crippen LogP contribution >= 0.6 is 0 Å². The molecule has 0 aromatic heterocycles. The van der Waals surface area contributed by atoms with Crippen LogP contribution in [0.4, 0.5) is 0 Å². The minimum atomic E-state index is -1.21. The monoisotopic (exact) mass is 245 g/mol. The fourth-order valence-electron chi connectivity index (χ4n) is 1.58. The van der Waals surface area contributed by atoms with Gasteiger partial charge >= 0.3 is 0 Å². The quantitative estimate of drug-likeness (QED) is 0.362. The summed E-state index contributed by atoms with van der Waals surface area (Å²) in [5.41, 5.74) is 0. The Kier molecular flexibility index (Phi) is 11.5. The molecule has 96 valence electrons. The van der Waals surface area contributed by atoms with Gasteiger partial charge in [0.2, 0.25) is 0 Å². The van der Waals surface area contributed by atoms with Gasteiger partial charge in [-0.25, -0.2) is 0 Å². The molecule has 0 heterocycles. The Morgan fingerprint density at radius 2 is 1.69 bits per heavy atom. The summed E-state index contributed by atoms with van der Waals surface area (Å²) in [6.45, 7) is 4.13. The minimum absolute atomic E-state index is 0.00967. The van der Waals surface area contributed by atoms with E-state index in [9.17, 15) is 4.55 Å². The van der Waals surface area contributed by atoms with Gasteiger partial charge in [-0.2, -0.15) is 5.14 Å². The first kappa shape index (κ1) is 16.0. The number of unbranched alkanes of at least 4 members (excludes halogenated alkanes) is 7. The lowest BCUT2D eigenvalue weighted by Gasteiger charge is -2.07. The average Bonchev–Trinajstić information content (AvgIpc) is 2.26. The predicted octanol–water partition coefficient (Wildman–Crippen LogP) is 3.69. The molecule has 0 fully saturated rings. The number of allylic oxidation sites excluding steroid dienone is 1. The first-order valence-corrected chi connectivity index (χ1v) is 7.77. The lowest BCUT2D eigenvalue weighted by atomic mass is 10.1. The van der Waals surface area contributed by atoms with Crippen molar-refractivity contribution < 1.29 is 4.55 Å². The zero-order chi connectivity index (χ0) is 12.2. The zero-order valence-electron chi connectivity index (χ0n) is 10.8. The molecular weight excluding hydrogens is 218 g/mol. The maximum Gasteiger partial charge on any atom is 0.150 e. The van der Waals surface area contributed by atoms with Gasteiger partial charge in [-0.15, -0.1) is 0 Å². The van der Waals surface area contributed by atoms with Gasteiger partial charge in [-0.1, -0.05) is 51.5 Å². The summed E-state index contributed by atoms with van der Waals surface area (Å²) in [4.78, 5) is 0. The smallest absolute Gasteiger partial charge is 0.150 e. The number of hydrogen-bond donors (Lipinski definition) is 1. The van der Waals surface area contributed by atoms with Crippen LogP contribution in [0.25, 0.3) is 0 Å². The van der Waals surface area contributed by atoms with Crippen molar-refractivity contribution in [2.24, 2.45) is 5.14 Å². The second-order valence-electron chi connectivity index (χ2n) is 4.37. The van der Waals surface area contributed by atoms with Gasteiger partial charge in [0, 0.05) is 11.4 Å². The third-order valence-corrected chi connectivity index (χ3v) is 3.64. The van der Waals surface area contributed by atoms with Crippen LogP contribution < -0.4 is 5.14 Å². The topological polar surface area (TPSA) is 49.1 Å². The van der Waals surface area contributed by atoms with Crippen LogP contribution in [0.5, 0.6) is 0 Å². The lowest BCUT2D eigenvalue weighted by Crippen LogP contribution is -2.23. The van der Waals surface area contributed by atoms with Crippen LogP contribution in [0.3, 0.4) is 0 Å². The van der Waals surface area contributed by atoms with E-state index in [1.54, 1.807) is 0 Å². The Bertz CT molecular complexity index is 171. The van der Waals surface area contributed by atoms with E-state index in [0.29, 0.717) is 0 Å². The molecule has 0 rings (SSSR count). The van der Waals surface area contributed by atoms with Crippen molar-refractivity contribution in [2.45, 2.75) is 70.5 Å². The van der Waals surface area contributed by atoms with E-state index in [-0.39, 0.29) is 5.25 Å². The molecule has 0 amide bonds. The summed E-state index contributed by atoms with van der Waals surface area (Å²) in [5.74, 6) is 0. The first-order valence-electron chi connectivity index (χ1n) is 6.50. The Balaban J connectivity index is 3.20. The molecule has 2 N–H and O–H groups in total. The van der Waals surface area contributed by atoms with Crippen molar-refractivity contribution in [3.63, 3.8) is 0 Å². The summed E-state index contributed by atoms with van der Waals surface area (Å²) >= 11 is -1.21. The largest absolute Gasteiger partial charge is 0.598 e. The Morgan fingerprint density at radius 1 is 1.12 bits per heavy atom. The Hall–Kier alpha value is 0.01000. The summed E-state index contributed by atoms with van der Waals surface area (Å²) in [5, 5.41) is 5.26. The normalized spacial score (nSPS) is 15.5. The van der Waals surface area contributed by atoms with Crippen molar-refractivity contribution >= 4 is 11.4 Å². The molecule has 0 aliphatic heterocycles. The fourth-order valence-corrected chi connectivity index (χ4v) is 1.85. The molecule has 0 radical (unpaired) electrons. The average molecular weight is 245 g/mol. The van der Waals surface area contributed by atoms with Gasteiger partial charge in [-0.3, -0.25) is 0 Å². The molecule has 0 aromatic rings. The van der Waals surface area contributed by atoms with Crippen molar-refractivity contribution in [1.29, 1.82) is 0 Å². The number of hydrogen-bond acceptors (Lipinski definition) is 2. The van der Waals surface area contributed by atoms with Crippen molar-refractivity contribution in [3.8, 4) is 0 Å². The standard InChI is InChI=1S/C13H27NOS/c1-3-4-5-6-7-8-9-10-11-12-13(2)16(14)15/h11-13H,3-10,14H2,1-2H3. The van der Waals surface area contributed by atoms with E-state index in [0.717, 1.165) is 6.42 Å². The van der Waals surface area contributed by atoms with E-state index in [1.807, 2.05) is 13.0 Å². The van der Waals surface area contributed by atoms with Crippen molar-refractivity contribution in [2.75, 3.05) is 0 Å². The third kappa shape index (κ3) is 10.5. The Morgan fingerprint density at radius 3 is 2.25 bits per heavy atom. The highest BCUT2D eigenvalue weighted by molar-refractivity contribution is 7.89. The van der Waals surface area contributed by atoms with Gasteiger partial charge in [0.1, 0.15) is 5.25 Å². The number of rotatable bonds is 10. The minimum Gasteiger partial charge on any atom is -0.598 e. The van der Waals surface area contributed by atoms with E-state index < -0.39 is 11.4 Å². The SMILES string of the molecule is CCCCCCCCCC=CC(C)[S+](N)[O-]. The summed E-state index contributed by atoms with van der Waals surface area (Å²) in [7, 11) is 0. The fraction of sp³-hybridized carbons (Fsp3) is 0.846. The molecule has 0 spiro atoms. The third-order valence-electron chi connectivity index (χ3n) is 2.75. The second kappa shape index (κ2) is 11.5. The van der Waals surface area contributed by atoms with Gasteiger partial charge in [-0.05, 0) is 25.8 Å². The molecule has 0 saturated heterocycles. The summed E-state index contributed by atoms with van der Waals surface area (Å²) < 4.78 is 10.8. The van der Waals surface area contributed by atoms with E-state index >= 15 is 0 Å². The van der Waals surface area contributed by atoms with Crippen LogP contribution in [-0.4, -0.2) is 9.80 Å². The van der Waals surface area contributed by atoms with Crippen molar-refractivity contribution in [3.05, 3.63) is 12.2 Å².